The van der Waals surface area contributed by atoms with Crippen LogP contribution >= 0.6 is 0 Å². The van der Waals surface area contributed by atoms with E-state index in [1.165, 1.54) is 0 Å². The number of ether oxygens (including phenoxy) is 1. The van der Waals surface area contributed by atoms with E-state index in [1.807, 2.05) is 0 Å². The minimum absolute atomic E-state index is 0.457. The Hall–Kier alpha value is -0.120. The van der Waals surface area contributed by atoms with Gasteiger partial charge in [0.25, 0.3) is 0 Å². The van der Waals surface area contributed by atoms with Gasteiger partial charge in [-0.3, -0.25) is 11.3 Å². The molecule has 0 saturated carbocycles. The lowest BCUT2D eigenvalue weighted by Crippen LogP contribution is -2.44. The van der Waals surface area contributed by atoms with Crippen LogP contribution in [0.3, 0.4) is 0 Å². The highest BCUT2D eigenvalue weighted by molar-refractivity contribution is 4.73. The Kier molecular flexibility index (Phi) is 2.45. The summed E-state index contributed by atoms with van der Waals surface area (Å²) >= 11 is 0. The summed E-state index contributed by atoms with van der Waals surface area (Å²) in [5.74, 6) is 5.85. The van der Waals surface area contributed by atoms with Crippen molar-refractivity contribution in [2.75, 3.05) is 13.2 Å². The Labute approximate surface area is 55.5 Å². The standard InChI is InChI=1S/C6H14N2O/c1-5-4-9-3-2-6(5)8-7/h5-6,8H,2-4,7H2,1H3. The lowest BCUT2D eigenvalue weighted by atomic mass is 9.99. The summed E-state index contributed by atoms with van der Waals surface area (Å²) in [5, 5.41) is 0. The average Bonchev–Trinajstić information content (AvgIpc) is 1.89. The van der Waals surface area contributed by atoms with E-state index < -0.39 is 0 Å². The maximum Gasteiger partial charge on any atom is 0.0507 e. The van der Waals surface area contributed by atoms with E-state index in [1.54, 1.807) is 0 Å². The van der Waals surface area contributed by atoms with Crippen molar-refractivity contribution in [3.05, 3.63) is 0 Å². The number of nitrogens with one attached hydrogen (secondary N) is 1. The molecule has 1 aliphatic heterocycles. The normalized spacial score (nSPS) is 36.7. The zero-order chi connectivity index (χ0) is 6.69. The van der Waals surface area contributed by atoms with E-state index >= 15 is 0 Å². The van der Waals surface area contributed by atoms with Gasteiger partial charge in [0, 0.05) is 12.6 Å². The largest absolute Gasteiger partial charge is 0.381 e. The van der Waals surface area contributed by atoms with Gasteiger partial charge in [-0.2, -0.15) is 0 Å². The molecule has 54 valence electrons. The van der Waals surface area contributed by atoms with Crippen LogP contribution in [-0.2, 0) is 4.74 Å². The van der Waals surface area contributed by atoms with Gasteiger partial charge in [0.1, 0.15) is 0 Å². The lowest BCUT2D eigenvalue weighted by molar-refractivity contribution is 0.0392. The van der Waals surface area contributed by atoms with Gasteiger partial charge < -0.3 is 4.74 Å². The molecule has 3 N–H and O–H groups in total. The van der Waals surface area contributed by atoms with E-state index in [4.69, 9.17) is 10.6 Å². The molecule has 0 radical (unpaired) electrons. The summed E-state index contributed by atoms with van der Waals surface area (Å²) in [7, 11) is 0. The van der Waals surface area contributed by atoms with Crippen molar-refractivity contribution in [3.63, 3.8) is 0 Å². The monoisotopic (exact) mass is 130 g/mol. The predicted molar refractivity (Wildman–Crippen MR) is 35.7 cm³/mol. The van der Waals surface area contributed by atoms with Crippen molar-refractivity contribution >= 4 is 0 Å². The first kappa shape index (κ1) is 6.99. The van der Waals surface area contributed by atoms with Gasteiger partial charge in [-0.25, -0.2) is 0 Å². The molecule has 3 nitrogen and oxygen atoms in total. The SMILES string of the molecule is CC1COCCC1NN. The number of hydrazine groups is 1. The third-order valence-electron chi connectivity index (χ3n) is 1.85. The average molecular weight is 130 g/mol. The molecule has 2 atom stereocenters. The number of hydrogen-bond donors (Lipinski definition) is 2. The van der Waals surface area contributed by atoms with Crippen LogP contribution in [0.5, 0.6) is 0 Å². The minimum Gasteiger partial charge on any atom is -0.381 e. The second-order valence-corrected chi connectivity index (χ2v) is 2.61. The molecule has 1 heterocycles. The van der Waals surface area contributed by atoms with Crippen molar-refractivity contribution < 1.29 is 4.74 Å². The number of nitrogens with two attached hydrogens (primary N) is 1. The summed E-state index contributed by atoms with van der Waals surface area (Å²) < 4.78 is 5.22. The Morgan fingerprint density at radius 2 is 2.44 bits per heavy atom. The first-order chi connectivity index (χ1) is 4.34. The first-order valence-electron chi connectivity index (χ1n) is 3.38. The molecule has 2 unspecified atom stereocenters. The smallest absolute Gasteiger partial charge is 0.0507 e. The molecule has 0 aliphatic carbocycles. The number of rotatable bonds is 1. The van der Waals surface area contributed by atoms with E-state index in [0.29, 0.717) is 12.0 Å². The molecule has 0 spiro atoms. The molecular weight excluding hydrogens is 116 g/mol. The zero-order valence-electron chi connectivity index (χ0n) is 5.76. The fourth-order valence-corrected chi connectivity index (χ4v) is 1.13. The van der Waals surface area contributed by atoms with E-state index in [9.17, 15) is 0 Å². The quantitative estimate of drug-likeness (QED) is 0.384. The van der Waals surface area contributed by atoms with Crippen LogP contribution in [-0.4, -0.2) is 19.3 Å². The molecule has 3 heteroatoms. The van der Waals surface area contributed by atoms with Crippen LogP contribution in [0, 0.1) is 5.92 Å². The van der Waals surface area contributed by atoms with Gasteiger partial charge in [-0.1, -0.05) is 6.92 Å². The second kappa shape index (κ2) is 3.15. The highest BCUT2D eigenvalue weighted by Crippen LogP contribution is 2.12. The Balaban J connectivity index is 2.30. The zero-order valence-corrected chi connectivity index (χ0v) is 5.76. The number of hydrogen-bond acceptors (Lipinski definition) is 3. The van der Waals surface area contributed by atoms with E-state index in [-0.39, 0.29) is 0 Å². The van der Waals surface area contributed by atoms with Gasteiger partial charge in [0.2, 0.25) is 0 Å². The summed E-state index contributed by atoms with van der Waals surface area (Å²) in [6, 6.07) is 0.457. The fourth-order valence-electron chi connectivity index (χ4n) is 1.13. The third kappa shape index (κ3) is 1.64. The van der Waals surface area contributed by atoms with Gasteiger partial charge in [-0.05, 0) is 12.3 Å². The van der Waals surface area contributed by atoms with Crippen LogP contribution in [0.25, 0.3) is 0 Å². The summed E-state index contributed by atoms with van der Waals surface area (Å²) in [6.07, 6.45) is 1.04. The van der Waals surface area contributed by atoms with E-state index in [0.717, 1.165) is 19.6 Å². The Bertz CT molecular complexity index is 87.1. The van der Waals surface area contributed by atoms with Crippen LogP contribution in [0.4, 0.5) is 0 Å². The summed E-state index contributed by atoms with van der Waals surface area (Å²) in [5.41, 5.74) is 2.77. The van der Waals surface area contributed by atoms with Crippen molar-refractivity contribution in [1.29, 1.82) is 0 Å². The maximum absolute atomic E-state index is 5.29. The highest BCUT2D eigenvalue weighted by atomic mass is 16.5. The fraction of sp³-hybridized carbons (Fsp3) is 1.00. The summed E-state index contributed by atoms with van der Waals surface area (Å²) in [4.78, 5) is 0. The van der Waals surface area contributed by atoms with E-state index in [2.05, 4.69) is 12.3 Å². The molecule has 1 rings (SSSR count). The topological polar surface area (TPSA) is 47.3 Å². The maximum atomic E-state index is 5.29. The van der Waals surface area contributed by atoms with Crippen molar-refractivity contribution in [2.24, 2.45) is 11.8 Å². The molecule has 0 aromatic rings. The van der Waals surface area contributed by atoms with Gasteiger partial charge in [-0.15, -0.1) is 0 Å². The second-order valence-electron chi connectivity index (χ2n) is 2.61. The van der Waals surface area contributed by atoms with Gasteiger partial charge >= 0.3 is 0 Å². The Morgan fingerprint density at radius 1 is 1.67 bits per heavy atom. The van der Waals surface area contributed by atoms with Crippen LogP contribution < -0.4 is 11.3 Å². The van der Waals surface area contributed by atoms with Crippen molar-refractivity contribution in [3.8, 4) is 0 Å². The van der Waals surface area contributed by atoms with Crippen LogP contribution in [0.15, 0.2) is 0 Å². The minimum atomic E-state index is 0.457. The van der Waals surface area contributed by atoms with Crippen LogP contribution in [0.2, 0.25) is 0 Å². The lowest BCUT2D eigenvalue weighted by Gasteiger charge is -2.27. The van der Waals surface area contributed by atoms with Gasteiger partial charge in [0.05, 0.1) is 6.61 Å². The van der Waals surface area contributed by atoms with Gasteiger partial charge in [0.15, 0.2) is 0 Å². The molecular formula is C6H14N2O. The van der Waals surface area contributed by atoms with Crippen molar-refractivity contribution in [2.45, 2.75) is 19.4 Å². The third-order valence-corrected chi connectivity index (χ3v) is 1.85. The van der Waals surface area contributed by atoms with Crippen molar-refractivity contribution in [1.82, 2.24) is 5.43 Å². The molecule has 9 heavy (non-hydrogen) atoms. The first-order valence-corrected chi connectivity index (χ1v) is 3.38. The Morgan fingerprint density at radius 3 is 2.89 bits per heavy atom. The molecule has 0 amide bonds. The predicted octanol–water partition coefficient (Wildman–Crippen LogP) is -0.125. The molecule has 1 fully saturated rings. The summed E-state index contributed by atoms with van der Waals surface area (Å²) in [6.45, 7) is 3.83. The molecule has 1 saturated heterocycles. The molecule has 1 aliphatic rings. The molecule has 0 aromatic carbocycles. The molecule has 0 bridgehead atoms. The van der Waals surface area contributed by atoms with Crippen LogP contribution in [0.1, 0.15) is 13.3 Å². The highest BCUT2D eigenvalue weighted by Gasteiger charge is 2.19. The molecule has 0 aromatic heterocycles.